The summed E-state index contributed by atoms with van der Waals surface area (Å²) in [5.41, 5.74) is 3.55. The molecule has 4 nitrogen and oxygen atoms in total. The lowest BCUT2D eigenvalue weighted by molar-refractivity contribution is 0.278. The first kappa shape index (κ1) is 23.8. The van der Waals surface area contributed by atoms with E-state index in [1.807, 2.05) is 22.5 Å². The zero-order valence-corrected chi connectivity index (χ0v) is 20.6. The molecule has 31 heavy (non-hydrogen) atoms. The van der Waals surface area contributed by atoms with Crippen LogP contribution in [-0.4, -0.2) is 41.9 Å². The van der Waals surface area contributed by atoms with E-state index in [1.54, 1.807) is 0 Å². The van der Waals surface area contributed by atoms with Gasteiger partial charge in [0.1, 0.15) is 12.4 Å². The van der Waals surface area contributed by atoms with Crippen molar-refractivity contribution in [3.63, 3.8) is 0 Å². The number of rotatable bonds is 9. The van der Waals surface area contributed by atoms with Crippen LogP contribution in [0.3, 0.4) is 0 Å². The Morgan fingerprint density at radius 2 is 1.68 bits per heavy atom. The molecule has 2 aromatic rings. The first-order chi connectivity index (χ1) is 14.8. The average molecular weight is 443 g/mol. The number of fused-ring (bicyclic) bond motifs is 1. The number of ether oxygens (including phenoxy) is 1. The lowest BCUT2D eigenvalue weighted by Crippen LogP contribution is -2.34. The Balaban J connectivity index is 1.77. The molecule has 0 fully saturated rings. The van der Waals surface area contributed by atoms with Crippen LogP contribution < -0.4 is 9.04 Å². The topological polar surface area (TPSA) is 32.8 Å². The quantitative estimate of drug-likeness (QED) is 0.509. The summed E-state index contributed by atoms with van der Waals surface area (Å²) in [6.07, 6.45) is 3.35. The van der Waals surface area contributed by atoms with E-state index in [9.17, 15) is 4.21 Å². The Morgan fingerprint density at radius 1 is 1.00 bits per heavy atom. The Hall–Kier alpha value is -1.85. The second kappa shape index (κ2) is 10.6. The van der Waals surface area contributed by atoms with E-state index in [0.717, 1.165) is 42.4 Å². The highest BCUT2D eigenvalue weighted by Crippen LogP contribution is 2.35. The summed E-state index contributed by atoms with van der Waals surface area (Å²) in [5, 5.41) is 0. The van der Waals surface area contributed by atoms with Crippen LogP contribution in [0.2, 0.25) is 0 Å². The first-order valence-electron chi connectivity index (χ1n) is 11.6. The molecule has 3 rings (SSSR count). The smallest absolute Gasteiger partial charge is 0.153 e. The molecule has 5 heteroatoms. The van der Waals surface area contributed by atoms with Crippen molar-refractivity contribution in [2.24, 2.45) is 0 Å². The third-order valence-corrected chi connectivity index (χ3v) is 7.22. The monoisotopic (exact) mass is 442 g/mol. The summed E-state index contributed by atoms with van der Waals surface area (Å²) in [6, 6.07) is 14.6. The Labute approximate surface area is 191 Å². The fraction of sp³-hybridized carbons (Fsp3) is 0.538. The van der Waals surface area contributed by atoms with Crippen LogP contribution in [0.1, 0.15) is 58.6 Å². The van der Waals surface area contributed by atoms with Gasteiger partial charge >= 0.3 is 0 Å². The minimum atomic E-state index is -1.25. The molecular weight excluding hydrogens is 404 g/mol. The van der Waals surface area contributed by atoms with E-state index in [4.69, 9.17) is 4.74 Å². The first-order valence-corrected chi connectivity index (χ1v) is 12.7. The third-order valence-electron chi connectivity index (χ3n) is 5.76. The Kier molecular flexibility index (Phi) is 8.17. The van der Waals surface area contributed by atoms with Crippen molar-refractivity contribution >= 4 is 16.7 Å². The van der Waals surface area contributed by atoms with Crippen molar-refractivity contribution in [2.75, 3.05) is 37.1 Å². The lowest BCUT2D eigenvalue weighted by atomic mass is 9.87. The molecule has 1 atom stereocenters. The van der Waals surface area contributed by atoms with Crippen LogP contribution in [0.4, 0.5) is 5.69 Å². The van der Waals surface area contributed by atoms with Crippen LogP contribution in [0.15, 0.2) is 47.4 Å². The van der Waals surface area contributed by atoms with Crippen molar-refractivity contribution in [3.05, 3.63) is 53.6 Å². The standard InChI is InChI=1S/C26H38N2O2S/c1-6-15-27(16-7-2)17-14-21-8-13-25-24(20-21)28(18-19-30-25)31(29)23-11-9-22(10-12-23)26(3,4)5/h8-13,20H,6-7,14-19H2,1-5H3. The van der Waals surface area contributed by atoms with E-state index >= 15 is 0 Å². The fourth-order valence-corrected chi connectivity index (χ4v) is 5.21. The lowest BCUT2D eigenvalue weighted by Gasteiger charge is -2.30. The Bertz CT molecular complexity index is 868. The number of anilines is 1. The summed E-state index contributed by atoms with van der Waals surface area (Å²) < 4.78 is 21.3. The molecule has 0 aliphatic carbocycles. The third kappa shape index (κ3) is 6.11. The van der Waals surface area contributed by atoms with Gasteiger partial charge in [0.15, 0.2) is 11.0 Å². The molecule has 0 amide bonds. The van der Waals surface area contributed by atoms with Gasteiger partial charge in [-0.15, -0.1) is 0 Å². The van der Waals surface area contributed by atoms with Gasteiger partial charge in [-0.2, -0.15) is 0 Å². The van der Waals surface area contributed by atoms with E-state index in [2.05, 4.69) is 63.8 Å². The average Bonchev–Trinajstić information content (AvgIpc) is 2.76. The maximum absolute atomic E-state index is 13.4. The van der Waals surface area contributed by atoms with Gasteiger partial charge in [-0.3, -0.25) is 4.31 Å². The van der Waals surface area contributed by atoms with Gasteiger partial charge in [0.2, 0.25) is 0 Å². The van der Waals surface area contributed by atoms with Gasteiger partial charge in [0, 0.05) is 6.54 Å². The van der Waals surface area contributed by atoms with E-state index < -0.39 is 11.0 Å². The molecule has 1 unspecified atom stereocenters. The van der Waals surface area contributed by atoms with Crippen molar-refractivity contribution in [1.82, 2.24) is 4.90 Å². The largest absolute Gasteiger partial charge is 0.489 e. The van der Waals surface area contributed by atoms with Gasteiger partial charge in [0.25, 0.3) is 0 Å². The van der Waals surface area contributed by atoms with Crippen LogP contribution >= 0.6 is 0 Å². The van der Waals surface area contributed by atoms with E-state index in [-0.39, 0.29) is 5.41 Å². The number of hydrogen-bond acceptors (Lipinski definition) is 3. The van der Waals surface area contributed by atoms with Gasteiger partial charge in [-0.05, 0) is 73.2 Å². The predicted octanol–water partition coefficient (Wildman–Crippen LogP) is 5.57. The summed E-state index contributed by atoms with van der Waals surface area (Å²) in [7, 11) is -1.25. The molecule has 0 saturated heterocycles. The molecular formula is C26H38N2O2S. The number of nitrogens with zero attached hydrogens (tertiary/aromatic N) is 2. The predicted molar refractivity (Wildman–Crippen MR) is 132 cm³/mol. The molecule has 1 aliphatic heterocycles. The number of benzene rings is 2. The second-order valence-electron chi connectivity index (χ2n) is 9.37. The second-order valence-corrected chi connectivity index (χ2v) is 10.8. The van der Waals surface area contributed by atoms with E-state index in [0.29, 0.717) is 13.2 Å². The fourth-order valence-electron chi connectivity index (χ4n) is 4.02. The highest BCUT2D eigenvalue weighted by atomic mass is 32.2. The summed E-state index contributed by atoms with van der Waals surface area (Å²) >= 11 is 0. The van der Waals surface area contributed by atoms with Crippen molar-refractivity contribution in [1.29, 1.82) is 0 Å². The molecule has 0 spiro atoms. The van der Waals surface area contributed by atoms with Crippen molar-refractivity contribution < 1.29 is 8.95 Å². The molecule has 0 aromatic heterocycles. The summed E-state index contributed by atoms with van der Waals surface area (Å²) in [5.74, 6) is 0.827. The molecule has 170 valence electrons. The van der Waals surface area contributed by atoms with Gasteiger partial charge in [-0.1, -0.05) is 52.8 Å². The molecule has 0 radical (unpaired) electrons. The highest BCUT2D eigenvalue weighted by molar-refractivity contribution is 7.86. The van der Waals surface area contributed by atoms with Crippen LogP contribution in [-0.2, 0) is 22.8 Å². The van der Waals surface area contributed by atoms with Gasteiger partial charge in [0.05, 0.1) is 17.1 Å². The molecule has 0 saturated carbocycles. The minimum Gasteiger partial charge on any atom is -0.489 e. The normalized spacial score (nSPS) is 15.0. The molecule has 0 bridgehead atoms. The van der Waals surface area contributed by atoms with Crippen LogP contribution in [0, 0.1) is 0 Å². The van der Waals surface area contributed by atoms with E-state index in [1.165, 1.54) is 24.0 Å². The summed E-state index contributed by atoms with van der Waals surface area (Å²) in [6.45, 7) is 15.6. The number of hydrogen-bond donors (Lipinski definition) is 0. The molecule has 1 heterocycles. The zero-order valence-electron chi connectivity index (χ0n) is 19.8. The molecule has 0 N–H and O–H groups in total. The van der Waals surface area contributed by atoms with Gasteiger partial charge < -0.3 is 9.64 Å². The zero-order chi connectivity index (χ0) is 22.4. The van der Waals surface area contributed by atoms with Crippen molar-refractivity contribution in [3.8, 4) is 5.75 Å². The van der Waals surface area contributed by atoms with Crippen LogP contribution in [0.25, 0.3) is 0 Å². The van der Waals surface area contributed by atoms with Crippen LogP contribution in [0.5, 0.6) is 5.75 Å². The van der Waals surface area contributed by atoms with Crippen molar-refractivity contribution in [2.45, 2.75) is 64.2 Å². The molecule has 2 aromatic carbocycles. The van der Waals surface area contributed by atoms with Gasteiger partial charge in [-0.25, -0.2) is 4.21 Å². The minimum absolute atomic E-state index is 0.0872. The highest BCUT2D eigenvalue weighted by Gasteiger charge is 2.25. The maximum Gasteiger partial charge on any atom is 0.153 e. The maximum atomic E-state index is 13.4. The molecule has 1 aliphatic rings. The Morgan fingerprint density at radius 3 is 2.29 bits per heavy atom. The summed E-state index contributed by atoms with van der Waals surface area (Å²) in [4.78, 5) is 3.37. The SMILES string of the molecule is CCCN(CCC)CCc1ccc2c(c1)N(S(=O)c1ccc(C(C)(C)C)cc1)CCO2.